The van der Waals surface area contributed by atoms with Gasteiger partial charge in [-0.25, -0.2) is 0 Å². The molecule has 0 aliphatic heterocycles. The second-order valence-corrected chi connectivity index (χ2v) is 13.4. The van der Waals surface area contributed by atoms with Gasteiger partial charge in [0, 0.05) is 0 Å². The summed E-state index contributed by atoms with van der Waals surface area (Å²) in [5.41, 5.74) is 0. The molecule has 2 heteroatoms. The predicted molar refractivity (Wildman–Crippen MR) is 83.2 cm³/mol. The van der Waals surface area contributed by atoms with Crippen molar-refractivity contribution in [3.05, 3.63) is 7.75 Å². The second-order valence-electron chi connectivity index (χ2n) is 4.42. The molecular formula is C15H30Te2. The Bertz CT molecular complexity index is 164. The van der Waals surface area contributed by atoms with E-state index in [0.717, 1.165) is 0 Å². The van der Waals surface area contributed by atoms with Gasteiger partial charge in [-0.1, -0.05) is 0 Å². The van der Waals surface area contributed by atoms with E-state index >= 15 is 0 Å². The van der Waals surface area contributed by atoms with E-state index in [2.05, 4.69) is 26.8 Å². The summed E-state index contributed by atoms with van der Waals surface area (Å²) in [6, 6.07) is 0. The second kappa shape index (κ2) is 15.4. The van der Waals surface area contributed by atoms with Crippen LogP contribution in [0.25, 0.3) is 0 Å². The minimum atomic E-state index is 0.251. The fraction of sp³-hybridized carbons (Fsp3) is 0.867. The number of rotatable bonds is 12. The molecule has 0 saturated carbocycles. The average molecular weight is 466 g/mol. The van der Waals surface area contributed by atoms with Gasteiger partial charge in [-0.2, -0.15) is 0 Å². The van der Waals surface area contributed by atoms with Crippen molar-refractivity contribution in [2.45, 2.75) is 81.1 Å². The van der Waals surface area contributed by atoms with Gasteiger partial charge in [-0.3, -0.25) is 0 Å². The predicted octanol–water partition coefficient (Wildman–Crippen LogP) is 5.25. The van der Waals surface area contributed by atoms with Crippen LogP contribution < -0.4 is 0 Å². The van der Waals surface area contributed by atoms with Crippen LogP contribution in [0.1, 0.15) is 72.1 Å². The Hall–Kier alpha value is 1.32. The van der Waals surface area contributed by atoms with Gasteiger partial charge in [0.25, 0.3) is 0 Å². The van der Waals surface area contributed by atoms with E-state index in [1.165, 1.54) is 51.4 Å². The van der Waals surface area contributed by atoms with Crippen LogP contribution in [-0.2, 0) is 0 Å². The molecular weight excluding hydrogens is 435 g/mol. The van der Waals surface area contributed by atoms with Crippen LogP contribution in [0.2, 0.25) is 8.94 Å². The van der Waals surface area contributed by atoms with Crippen LogP contribution in [0.5, 0.6) is 0 Å². The van der Waals surface area contributed by atoms with Gasteiger partial charge in [0.2, 0.25) is 0 Å². The summed E-state index contributed by atoms with van der Waals surface area (Å²) in [4.78, 5) is 0. The van der Waals surface area contributed by atoms with Crippen molar-refractivity contribution in [1.29, 1.82) is 0 Å². The molecule has 0 radical (unpaired) electrons. The Balaban J connectivity index is 3.81. The SMILES string of the molecule is CCCCCC=C([Te]CCCC)[Te]CCCC. The molecule has 0 N–H and O–H groups in total. The van der Waals surface area contributed by atoms with E-state index in [0.29, 0.717) is 0 Å². The fourth-order valence-electron chi connectivity index (χ4n) is 1.41. The molecule has 0 heterocycles. The molecule has 0 aromatic carbocycles. The summed E-state index contributed by atoms with van der Waals surface area (Å²) in [7, 11) is 0. The molecule has 0 aromatic heterocycles. The molecule has 0 fully saturated rings. The standard InChI is InChI=1S/C15H30Te2/c1-4-7-10-11-12-15(16-13-8-5-2)17-14-9-6-3/h12H,4-11,13-14H2,1-3H3. The Morgan fingerprint density at radius 1 is 0.765 bits per heavy atom. The molecule has 0 atom stereocenters. The first kappa shape index (κ1) is 18.3. The van der Waals surface area contributed by atoms with E-state index in [1.807, 2.05) is 1.67 Å². The molecule has 0 aliphatic rings. The molecule has 102 valence electrons. The maximum atomic E-state index is 2.67. The zero-order chi connectivity index (χ0) is 12.8. The molecule has 0 amide bonds. The summed E-state index contributed by atoms with van der Waals surface area (Å²) in [5, 5.41) is 0. The molecule has 0 aliphatic carbocycles. The molecule has 0 nitrogen and oxygen atoms in total. The van der Waals surface area contributed by atoms with Crippen molar-refractivity contribution in [1.82, 2.24) is 0 Å². The normalized spacial score (nSPS) is 10.5. The third-order valence-electron chi connectivity index (χ3n) is 2.60. The molecule has 0 spiro atoms. The third kappa shape index (κ3) is 13.6. The van der Waals surface area contributed by atoms with Crippen LogP contribution in [0.3, 0.4) is 0 Å². The zero-order valence-electron chi connectivity index (χ0n) is 12.0. The molecule has 0 unspecified atom stereocenters. The topological polar surface area (TPSA) is 0 Å². The van der Waals surface area contributed by atoms with E-state index in [-0.39, 0.29) is 41.8 Å². The van der Waals surface area contributed by atoms with Crippen LogP contribution >= 0.6 is 0 Å². The minimum absolute atomic E-state index is 0.251. The summed E-state index contributed by atoms with van der Waals surface area (Å²) in [6.45, 7) is 6.95. The molecule has 0 saturated heterocycles. The Morgan fingerprint density at radius 2 is 1.29 bits per heavy atom. The Labute approximate surface area is 130 Å². The van der Waals surface area contributed by atoms with Gasteiger partial charge in [-0.05, 0) is 0 Å². The average Bonchev–Trinajstić information content (AvgIpc) is 2.34. The zero-order valence-corrected chi connectivity index (χ0v) is 16.6. The number of hydrogen-bond donors (Lipinski definition) is 0. The van der Waals surface area contributed by atoms with Crippen LogP contribution in [0, 0.1) is 0 Å². The Morgan fingerprint density at radius 3 is 1.76 bits per heavy atom. The van der Waals surface area contributed by atoms with Crippen molar-refractivity contribution in [3.63, 3.8) is 0 Å². The van der Waals surface area contributed by atoms with Gasteiger partial charge in [0.15, 0.2) is 0 Å². The number of allylic oxidation sites excluding steroid dienone is 1. The molecule has 0 rings (SSSR count). The van der Waals surface area contributed by atoms with E-state index in [4.69, 9.17) is 0 Å². The molecule has 0 aromatic rings. The quantitative estimate of drug-likeness (QED) is 0.273. The van der Waals surface area contributed by atoms with Crippen molar-refractivity contribution >= 4 is 41.8 Å². The van der Waals surface area contributed by atoms with Crippen LogP contribution in [-0.4, -0.2) is 41.8 Å². The number of unbranched alkanes of at least 4 members (excludes halogenated alkanes) is 5. The van der Waals surface area contributed by atoms with Gasteiger partial charge in [0.1, 0.15) is 0 Å². The van der Waals surface area contributed by atoms with Crippen molar-refractivity contribution < 1.29 is 0 Å². The van der Waals surface area contributed by atoms with Crippen molar-refractivity contribution in [3.8, 4) is 0 Å². The first-order chi connectivity index (χ1) is 8.35. The van der Waals surface area contributed by atoms with E-state index in [1.54, 1.807) is 8.94 Å². The van der Waals surface area contributed by atoms with Crippen molar-refractivity contribution in [2.75, 3.05) is 0 Å². The maximum absolute atomic E-state index is 2.67. The molecule has 17 heavy (non-hydrogen) atoms. The molecule has 0 bridgehead atoms. The fourth-order valence-corrected chi connectivity index (χ4v) is 11.4. The van der Waals surface area contributed by atoms with Crippen LogP contribution in [0.4, 0.5) is 0 Å². The first-order valence-corrected chi connectivity index (χ1v) is 12.9. The Kier molecular flexibility index (Phi) is 16.6. The van der Waals surface area contributed by atoms with Gasteiger partial charge < -0.3 is 0 Å². The summed E-state index contributed by atoms with van der Waals surface area (Å²) in [5.74, 6) is 0. The third-order valence-corrected chi connectivity index (χ3v) is 12.5. The van der Waals surface area contributed by atoms with E-state index in [9.17, 15) is 0 Å². The van der Waals surface area contributed by atoms with Gasteiger partial charge in [0.05, 0.1) is 0 Å². The van der Waals surface area contributed by atoms with Crippen LogP contribution in [0.15, 0.2) is 7.75 Å². The van der Waals surface area contributed by atoms with Gasteiger partial charge >= 0.3 is 131 Å². The number of hydrogen-bond acceptors (Lipinski definition) is 0. The summed E-state index contributed by atoms with van der Waals surface area (Å²) >= 11 is 0.502. The monoisotopic (exact) mass is 470 g/mol. The van der Waals surface area contributed by atoms with Crippen molar-refractivity contribution in [2.24, 2.45) is 0 Å². The summed E-state index contributed by atoms with van der Waals surface area (Å²) in [6.07, 6.45) is 14.0. The van der Waals surface area contributed by atoms with E-state index < -0.39 is 0 Å². The first-order valence-electron chi connectivity index (χ1n) is 7.30. The van der Waals surface area contributed by atoms with Gasteiger partial charge in [-0.15, -0.1) is 0 Å². The summed E-state index contributed by atoms with van der Waals surface area (Å²) < 4.78 is 5.15.